The molecular formula is C16H14ClF2N. The van der Waals surface area contributed by atoms with Crippen molar-refractivity contribution in [2.75, 3.05) is 0 Å². The summed E-state index contributed by atoms with van der Waals surface area (Å²) >= 11 is 6.36. The lowest BCUT2D eigenvalue weighted by Gasteiger charge is -2.15. The largest absolute Gasteiger partial charge is 0.259 e. The third-order valence-electron chi connectivity index (χ3n) is 3.02. The van der Waals surface area contributed by atoms with Crippen LogP contribution < -0.4 is 0 Å². The number of benzene rings is 1. The van der Waals surface area contributed by atoms with Crippen LogP contribution in [0.2, 0.25) is 0 Å². The normalized spacial score (nSPS) is 12.2. The Bertz CT molecular complexity index is 599. The molecule has 20 heavy (non-hydrogen) atoms. The third-order valence-corrected chi connectivity index (χ3v) is 3.48. The molecule has 4 heteroatoms. The molecule has 0 aliphatic carbocycles. The summed E-state index contributed by atoms with van der Waals surface area (Å²) in [5, 5.41) is -0.605. The molecule has 1 aromatic carbocycles. The van der Waals surface area contributed by atoms with Crippen LogP contribution >= 0.6 is 11.6 Å². The van der Waals surface area contributed by atoms with Crippen molar-refractivity contribution < 1.29 is 8.78 Å². The molecular weight excluding hydrogens is 280 g/mol. The van der Waals surface area contributed by atoms with Gasteiger partial charge in [-0.2, -0.15) is 0 Å². The summed E-state index contributed by atoms with van der Waals surface area (Å²) < 4.78 is 26.9. The number of hydrogen-bond donors (Lipinski definition) is 0. The zero-order valence-electron chi connectivity index (χ0n) is 10.8. The van der Waals surface area contributed by atoms with Crippen LogP contribution in [0.15, 0.2) is 49.2 Å². The van der Waals surface area contributed by atoms with Crippen LogP contribution in [-0.4, -0.2) is 4.98 Å². The van der Waals surface area contributed by atoms with Gasteiger partial charge in [-0.1, -0.05) is 12.1 Å². The lowest BCUT2D eigenvalue weighted by Crippen LogP contribution is -2.03. The molecule has 2 rings (SSSR count). The Morgan fingerprint density at radius 2 is 2.00 bits per heavy atom. The first-order valence-electron chi connectivity index (χ1n) is 6.27. The second kappa shape index (κ2) is 6.62. The van der Waals surface area contributed by atoms with Crippen LogP contribution in [0.3, 0.4) is 0 Å². The van der Waals surface area contributed by atoms with Gasteiger partial charge in [0.05, 0.1) is 5.69 Å². The molecule has 0 aliphatic heterocycles. The van der Waals surface area contributed by atoms with E-state index >= 15 is 0 Å². The van der Waals surface area contributed by atoms with Gasteiger partial charge in [-0.15, -0.1) is 18.2 Å². The Hall–Kier alpha value is -1.74. The van der Waals surface area contributed by atoms with E-state index in [2.05, 4.69) is 11.6 Å². The number of alkyl halides is 1. The molecule has 1 atom stereocenters. The van der Waals surface area contributed by atoms with Crippen molar-refractivity contribution in [3.63, 3.8) is 0 Å². The van der Waals surface area contributed by atoms with Gasteiger partial charge in [-0.3, -0.25) is 4.98 Å². The van der Waals surface area contributed by atoms with Gasteiger partial charge < -0.3 is 0 Å². The molecule has 104 valence electrons. The summed E-state index contributed by atoms with van der Waals surface area (Å²) in [7, 11) is 0. The summed E-state index contributed by atoms with van der Waals surface area (Å²) in [5.74, 6) is -1.76. The highest BCUT2D eigenvalue weighted by molar-refractivity contribution is 6.22. The average Bonchev–Trinajstić information content (AvgIpc) is 2.48. The van der Waals surface area contributed by atoms with Crippen LogP contribution in [-0.2, 0) is 6.42 Å². The lowest BCUT2D eigenvalue weighted by atomic mass is 9.98. The molecule has 2 aromatic rings. The Morgan fingerprint density at radius 1 is 1.25 bits per heavy atom. The topological polar surface area (TPSA) is 12.9 Å². The maximum Gasteiger partial charge on any atom is 0.159 e. The Kier molecular flexibility index (Phi) is 4.85. The van der Waals surface area contributed by atoms with Crippen molar-refractivity contribution in [1.29, 1.82) is 0 Å². The van der Waals surface area contributed by atoms with Crippen molar-refractivity contribution >= 4 is 11.6 Å². The molecule has 0 aliphatic rings. The van der Waals surface area contributed by atoms with Crippen LogP contribution in [0.1, 0.15) is 28.6 Å². The molecule has 0 saturated heterocycles. The fraction of sp³-hybridized carbons (Fsp3) is 0.188. The Morgan fingerprint density at radius 3 is 2.65 bits per heavy atom. The van der Waals surface area contributed by atoms with E-state index in [1.54, 1.807) is 30.5 Å². The Labute approximate surface area is 121 Å². The maximum absolute atomic E-state index is 13.5. The minimum absolute atomic E-state index is 0.547. The van der Waals surface area contributed by atoms with E-state index in [0.717, 1.165) is 6.07 Å². The Balaban J connectivity index is 2.43. The monoisotopic (exact) mass is 293 g/mol. The van der Waals surface area contributed by atoms with E-state index in [-0.39, 0.29) is 0 Å². The van der Waals surface area contributed by atoms with E-state index in [1.165, 1.54) is 6.07 Å². The number of aromatic nitrogens is 1. The predicted molar refractivity (Wildman–Crippen MR) is 76.8 cm³/mol. The number of halogens is 3. The standard InChI is InChI=1S/C16H14ClF2N/c1-2-3-6-11-9-13(18)14(19)10-12(11)16(17)15-7-4-5-8-20-15/h2,4-5,7-10,16H,1,3,6H2. The number of pyridine rings is 1. The summed E-state index contributed by atoms with van der Waals surface area (Å²) in [6.45, 7) is 3.64. The lowest BCUT2D eigenvalue weighted by molar-refractivity contribution is 0.505. The summed E-state index contributed by atoms with van der Waals surface area (Å²) in [5.41, 5.74) is 1.83. The van der Waals surface area contributed by atoms with E-state index in [4.69, 9.17) is 11.6 Å². The van der Waals surface area contributed by atoms with Gasteiger partial charge in [-0.05, 0) is 48.2 Å². The predicted octanol–water partition coefficient (Wildman–Crippen LogP) is 4.81. The minimum atomic E-state index is -0.899. The highest BCUT2D eigenvalue weighted by Crippen LogP contribution is 2.31. The quantitative estimate of drug-likeness (QED) is 0.569. The van der Waals surface area contributed by atoms with Gasteiger partial charge in [0.15, 0.2) is 11.6 Å². The van der Waals surface area contributed by atoms with Crippen LogP contribution in [0.4, 0.5) is 8.78 Å². The highest BCUT2D eigenvalue weighted by Gasteiger charge is 2.18. The van der Waals surface area contributed by atoms with Crippen molar-refractivity contribution in [3.8, 4) is 0 Å². The molecule has 1 nitrogen and oxygen atoms in total. The minimum Gasteiger partial charge on any atom is -0.259 e. The summed E-state index contributed by atoms with van der Waals surface area (Å²) in [6, 6.07) is 7.70. The molecule has 1 unspecified atom stereocenters. The first-order chi connectivity index (χ1) is 9.63. The molecule has 0 amide bonds. The molecule has 0 fully saturated rings. The second-order valence-corrected chi connectivity index (χ2v) is 4.85. The SMILES string of the molecule is C=CCCc1cc(F)c(F)cc1C(Cl)c1ccccn1. The molecule has 1 heterocycles. The first-order valence-corrected chi connectivity index (χ1v) is 6.71. The fourth-order valence-corrected chi connectivity index (χ4v) is 2.33. The molecule has 0 N–H and O–H groups in total. The van der Waals surface area contributed by atoms with E-state index in [1.807, 2.05) is 0 Å². The van der Waals surface area contributed by atoms with Crippen LogP contribution in [0.25, 0.3) is 0 Å². The van der Waals surface area contributed by atoms with Gasteiger partial charge in [0.2, 0.25) is 0 Å². The second-order valence-electron chi connectivity index (χ2n) is 4.41. The molecule has 1 aromatic heterocycles. The average molecular weight is 294 g/mol. The summed E-state index contributed by atoms with van der Waals surface area (Å²) in [6.07, 6.45) is 4.58. The van der Waals surface area contributed by atoms with Crippen molar-refractivity contribution in [3.05, 3.63) is 77.6 Å². The van der Waals surface area contributed by atoms with Crippen molar-refractivity contribution in [2.45, 2.75) is 18.2 Å². The molecule has 0 radical (unpaired) electrons. The van der Waals surface area contributed by atoms with Gasteiger partial charge in [0.25, 0.3) is 0 Å². The number of aryl methyl sites for hydroxylation is 1. The number of rotatable bonds is 5. The van der Waals surface area contributed by atoms with E-state index < -0.39 is 17.0 Å². The number of nitrogens with zero attached hydrogens (tertiary/aromatic N) is 1. The van der Waals surface area contributed by atoms with E-state index in [0.29, 0.717) is 29.7 Å². The third kappa shape index (κ3) is 3.23. The van der Waals surface area contributed by atoms with Crippen LogP contribution in [0.5, 0.6) is 0 Å². The zero-order valence-corrected chi connectivity index (χ0v) is 11.6. The summed E-state index contributed by atoms with van der Waals surface area (Å²) in [4.78, 5) is 4.16. The van der Waals surface area contributed by atoms with Gasteiger partial charge >= 0.3 is 0 Å². The molecule has 0 saturated carbocycles. The highest BCUT2D eigenvalue weighted by atomic mass is 35.5. The first kappa shape index (κ1) is 14.7. The van der Waals surface area contributed by atoms with E-state index in [9.17, 15) is 8.78 Å². The fourth-order valence-electron chi connectivity index (χ4n) is 2.00. The van der Waals surface area contributed by atoms with Crippen LogP contribution in [0, 0.1) is 11.6 Å². The smallest absolute Gasteiger partial charge is 0.159 e. The number of allylic oxidation sites excluding steroid dienone is 1. The van der Waals surface area contributed by atoms with Gasteiger partial charge in [-0.25, -0.2) is 8.78 Å². The van der Waals surface area contributed by atoms with Crippen molar-refractivity contribution in [1.82, 2.24) is 4.98 Å². The zero-order chi connectivity index (χ0) is 14.5. The van der Waals surface area contributed by atoms with Crippen molar-refractivity contribution in [2.24, 2.45) is 0 Å². The maximum atomic E-state index is 13.5. The molecule has 0 spiro atoms. The molecule has 0 bridgehead atoms. The van der Waals surface area contributed by atoms with Gasteiger partial charge in [0, 0.05) is 6.20 Å². The van der Waals surface area contributed by atoms with Gasteiger partial charge in [0.1, 0.15) is 5.38 Å². The number of hydrogen-bond acceptors (Lipinski definition) is 1.